The minimum absolute atomic E-state index is 0.116. The highest BCUT2D eigenvalue weighted by Gasteiger charge is 2.34. The number of nitrogens with one attached hydrogen (secondary N) is 2. The first-order valence-electron chi connectivity index (χ1n) is 10.2. The third-order valence-electron chi connectivity index (χ3n) is 4.92. The highest BCUT2D eigenvalue weighted by atomic mass is 32.1. The van der Waals surface area contributed by atoms with Gasteiger partial charge in [0.2, 0.25) is 5.91 Å². The lowest BCUT2D eigenvalue weighted by Gasteiger charge is -2.36. The van der Waals surface area contributed by atoms with E-state index in [1.54, 1.807) is 29.2 Å². The fourth-order valence-electron chi connectivity index (χ4n) is 3.32. The van der Waals surface area contributed by atoms with Crippen LogP contribution in [0.4, 0.5) is 0 Å². The average molecular weight is 440 g/mol. The van der Waals surface area contributed by atoms with Gasteiger partial charge in [-0.15, -0.1) is 0 Å². The Labute approximate surface area is 186 Å². The van der Waals surface area contributed by atoms with Crippen molar-refractivity contribution in [3.8, 4) is 0 Å². The van der Waals surface area contributed by atoms with Crippen LogP contribution >= 0.6 is 12.2 Å². The molecule has 8 heteroatoms. The van der Waals surface area contributed by atoms with E-state index < -0.39 is 12.0 Å². The summed E-state index contributed by atoms with van der Waals surface area (Å²) in [5.74, 6) is -1.15. The number of ether oxygens (including phenoxy) is 1. The molecule has 1 heterocycles. The molecule has 1 aliphatic rings. The van der Waals surface area contributed by atoms with Crippen molar-refractivity contribution in [1.29, 1.82) is 0 Å². The molecule has 0 unspecified atom stereocenters. The van der Waals surface area contributed by atoms with Crippen LogP contribution in [0.2, 0.25) is 0 Å². The molecular formula is C23H25N3O4S. The maximum absolute atomic E-state index is 12.4. The second-order valence-corrected chi connectivity index (χ2v) is 7.53. The Morgan fingerprint density at radius 1 is 1.10 bits per heavy atom. The van der Waals surface area contributed by atoms with E-state index in [0.29, 0.717) is 25.1 Å². The molecule has 1 fully saturated rings. The molecule has 162 valence electrons. The van der Waals surface area contributed by atoms with Crippen molar-refractivity contribution in [2.45, 2.75) is 25.3 Å². The summed E-state index contributed by atoms with van der Waals surface area (Å²) < 4.78 is 5.32. The van der Waals surface area contributed by atoms with E-state index >= 15 is 0 Å². The fraction of sp³-hybridized carbons (Fsp3) is 0.304. The molecule has 1 atom stereocenters. The summed E-state index contributed by atoms with van der Waals surface area (Å²) in [6, 6.07) is 17.8. The van der Waals surface area contributed by atoms with Gasteiger partial charge in [0.1, 0.15) is 6.04 Å². The predicted octanol–water partition coefficient (Wildman–Crippen LogP) is 2.07. The largest absolute Gasteiger partial charge is 0.466 e. The van der Waals surface area contributed by atoms with Crippen molar-refractivity contribution in [2.75, 3.05) is 19.7 Å². The molecule has 1 saturated heterocycles. The minimum atomic E-state index is -0.820. The van der Waals surface area contributed by atoms with Crippen LogP contribution in [-0.2, 0) is 20.7 Å². The van der Waals surface area contributed by atoms with Crippen molar-refractivity contribution in [2.24, 2.45) is 0 Å². The first-order valence-corrected chi connectivity index (χ1v) is 10.6. The Bertz CT molecular complexity index is 921. The van der Waals surface area contributed by atoms with Gasteiger partial charge in [-0.2, -0.15) is 0 Å². The van der Waals surface area contributed by atoms with Gasteiger partial charge in [-0.05, 0) is 42.8 Å². The standard InChI is InChI=1S/C23H25N3O4S/c27-20(30-15-7-10-17-8-3-1-4-9-17)16-19-22(29)24-13-14-26(19)23(31)25-21(28)18-11-5-2-6-12-18/h1-6,8-9,11-12,19H,7,10,13-16H2,(H,24,29)(H,25,28,31)/t19-/m0/s1. The van der Waals surface area contributed by atoms with Crippen molar-refractivity contribution in [3.05, 3.63) is 71.8 Å². The van der Waals surface area contributed by atoms with Gasteiger partial charge >= 0.3 is 5.97 Å². The molecule has 0 aromatic heterocycles. The number of benzene rings is 2. The van der Waals surface area contributed by atoms with Crippen LogP contribution in [0, 0.1) is 0 Å². The van der Waals surface area contributed by atoms with Gasteiger partial charge in [-0.1, -0.05) is 48.5 Å². The molecule has 2 aromatic carbocycles. The third-order valence-corrected chi connectivity index (χ3v) is 5.26. The Balaban J connectivity index is 1.51. The zero-order valence-corrected chi connectivity index (χ0v) is 17.9. The quantitative estimate of drug-likeness (QED) is 0.390. The number of hydrogen-bond acceptors (Lipinski definition) is 5. The van der Waals surface area contributed by atoms with Crippen LogP contribution in [0.5, 0.6) is 0 Å². The van der Waals surface area contributed by atoms with Crippen LogP contribution in [0.25, 0.3) is 0 Å². The van der Waals surface area contributed by atoms with Crippen molar-refractivity contribution in [1.82, 2.24) is 15.5 Å². The molecule has 2 aromatic rings. The summed E-state index contributed by atoms with van der Waals surface area (Å²) in [4.78, 5) is 38.7. The van der Waals surface area contributed by atoms with E-state index in [4.69, 9.17) is 17.0 Å². The van der Waals surface area contributed by atoms with Crippen LogP contribution in [0.15, 0.2) is 60.7 Å². The topological polar surface area (TPSA) is 87.7 Å². The molecule has 2 amide bonds. The number of hydrogen-bond donors (Lipinski definition) is 2. The number of piperazine rings is 1. The SMILES string of the molecule is O=C(C[C@H]1C(=O)NCCN1C(=S)NC(=O)c1ccccc1)OCCCc1ccccc1. The fourth-order valence-corrected chi connectivity index (χ4v) is 3.63. The second kappa shape index (κ2) is 11.2. The number of esters is 1. The summed E-state index contributed by atoms with van der Waals surface area (Å²) in [6.07, 6.45) is 1.36. The number of thiocarbonyl (C=S) groups is 1. The highest BCUT2D eigenvalue weighted by molar-refractivity contribution is 7.80. The van der Waals surface area contributed by atoms with E-state index in [2.05, 4.69) is 10.6 Å². The molecule has 0 spiro atoms. The van der Waals surface area contributed by atoms with Gasteiger partial charge in [-0.25, -0.2) is 0 Å². The molecule has 7 nitrogen and oxygen atoms in total. The Kier molecular flexibility index (Phi) is 8.12. The molecule has 2 N–H and O–H groups in total. The minimum Gasteiger partial charge on any atom is -0.466 e. The molecule has 1 aliphatic heterocycles. The van der Waals surface area contributed by atoms with Gasteiger partial charge in [-0.3, -0.25) is 19.7 Å². The molecule has 0 aliphatic carbocycles. The number of rotatable bonds is 7. The molecular weight excluding hydrogens is 414 g/mol. The third kappa shape index (κ3) is 6.62. The summed E-state index contributed by atoms with van der Waals surface area (Å²) in [5.41, 5.74) is 1.64. The van der Waals surface area contributed by atoms with Gasteiger partial charge in [0, 0.05) is 18.7 Å². The van der Waals surface area contributed by atoms with Gasteiger partial charge in [0.05, 0.1) is 13.0 Å². The van der Waals surface area contributed by atoms with Gasteiger partial charge < -0.3 is 15.0 Å². The van der Waals surface area contributed by atoms with Crippen LogP contribution in [-0.4, -0.2) is 53.5 Å². The normalized spacial score (nSPS) is 15.7. The zero-order chi connectivity index (χ0) is 22.1. The second-order valence-electron chi connectivity index (χ2n) is 7.14. The predicted molar refractivity (Wildman–Crippen MR) is 120 cm³/mol. The number of aryl methyl sites for hydroxylation is 1. The Morgan fingerprint density at radius 3 is 2.48 bits per heavy atom. The first-order chi connectivity index (χ1) is 15.0. The number of amides is 2. The van der Waals surface area contributed by atoms with E-state index in [1.165, 1.54) is 5.56 Å². The monoisotopic (exact) mass is 439 g/mol. The molecule has 0 bridgehead atoms. The molecule has 0 radical (unpaired) electrons. The van der Waals surface area contributed by atoms with Crippen molar-refractivity contribution in [3.63, 3.8) is 0 Å². The smallest absolute Gasteiger partial charge is 0.308 e. The summed E-state index contributed by atoms with van der Waals surface area (Å²) in [6.45, 7) is 1.05. The molecule has 31 heavy (non-hydrogen) atoms. The maximum atomic E-state index is 12.4. The van der Waals surface area contributed by atoms with E-state index in [0.717, 1.165) is 6.42 Å². The Morgan fingerprint density at radius 2 is 1.77 bits per heavy atom. The lowest BCUT2D eigenvalue weighted by Crippen LogP contribution is -2.60. The summed E-state index contributed by atoms with van der Waals surface area (Å²) in [5, 5.41) is 5.50. The van der Waals surface area contributed by atoms with E-state index in [-0.39, 0.29) is 30.0 Å². The number of carbonyl (C=O) groups is 3. The lowest BCUT2D eigenvalue weighted by atomic mass is 10.1. The van der Waals surface area contributed by atoms with Crippen LogP contribution in [0.1, 0.15) is 28.8 Å². The van der Waals surface area contributed by atoms with Crippen molar-refractivity contribution >= 4 is 35.1 Å². The zero-order valence-electron chi connectivity index (χ0n) is 17.1. The summed E-state index contributed by atoms with van der Waals surface area (Å²) in [7, 11) is 0. The number of carbonyl (C=O) groups excluding carboxylic acids is 3. The molecule has 0 saturated carbocycles. The van der Waals surface area contributed by atoms with E-state index in [1.807, 2.05) is 36.4 Å². The van der Waals surface area contributed by atoms with Crippen molar-refractivity contribution < 1.29 is 19.1 Å². The lowest BCUT2D eigenvalue weighted by molar-refractivity contribution is -0.147. The van der Waals surface area contributed by atoms with Crippen LogP contribution in [0.3, 0.4) is 0 Å². The van der Waals surface area contributed by atoms with Gasteiger partial charge in [0.15, 0.2) is 5.11 Å². The summed E-state index contributed by atoms with van der Waals surface area (Å²) >= 11 is 5.36. The van der Waals surface area contributed by atoms with Gasteiger partial charge in [0.25, 0.3) is 5.91 Å². The van der Waals surface area contributed by atoms with Crippen LogP contribution < -0.4 is 10.6 Å². The molecule has 3 rings (SSSR count). The number of nitrogens with zero attached hydrogens (tertiary/aromatic N) is 1. The first kappa shape index (κ1) is 22.4. The maximum Gasteiger partial charge on any atom is 0.308 e. The Hall–Kier alpha value is -3.26. The van der Waals surface area contributed by atoms with E-state index in [9.17, 15) is 14.4 Å². The average Bonchev–Trinajstić information content (AvgIpc) is 2.79. The highest BCUT2D eigenvalue weighted by Crippen LogP contribution is 2.12.